The second kappa shape index (κ2) is 7.43. The van der Waals surface area contributed by atoms with Gasteiger partial charge in [0.1, 0.15) is 6.04 Å². The van der Waals surface area contributed by atoms with Crippen molar-refractivity contribution in [2.24, 2.45) is 11.8 Å². The van der Waals surface area contributed by atoms with E-state index in [0.29, 0.717) is 12.3 Å². The number of rotatable bonds is 7. The molecule has 20 heavy (non-hydrogen) atoms. The van der Waals surface area contributed by atoms with E-state index in [1.165, 1.54) is 6.92 Å². The maximum absolute atomic E-state index is 11.4. The number of carbonyl (C=O) groups excluding carboxylic acids is 1. The summed E-state index contributed by atoms with van der Waals surface area (Å²) in [5, 5.41) is 15.3. The van der Waals surface area contributed by atoms with Gasteiger partial charge in [0.2, 0.25) is 5.91 Å². The number of hydrogen-bond acceptors (Lipinski definition) is 3. The first kappa shape index (κ1) is 16.7. The van der Waals surface area contributed by atoms with E-state index in [0.717, 1.165) is 12.8 Å². The van der Waals surface area contributed by atoms with Gasteiger partial charge in [-0.05, 0) is 24.7 Å². The third kappa shape index (κ3) is 4.34. The lowest BCUT2D eigenvalue weighted by Crippen LogP contribution is -2.51. The summed E-state index contributed by atoms with van der Waals surface area (Å²) in [5.74, 6) is -0.383. The van der Waals surface area contributed by atoms with Crippen LogP contribution in [0.2, 0.25) is 0 Å². The molecule has 5 atom stereocenters. The summed E-state index contributed by atoms with van der Waals surface area (Å²) in [4.78, 5) is 22.6. The van der Waals surface area contributed by atoms with Gasteiger partial charge in [0.05, 0.1) is 0 Å². The minimum atomic E-state index is -0.843. The van der Waals surface area contributed by atoms with E-state index in [-0.39, 0.29) is 23.9 Å². The molecule has 1 unspecified atom stereocenters. The monoisotopic (exact) mass is 282 g/mol. The average Bonchev–Trinajstić information content (AvgIpc) is 2.81. The summed E-state index contributed by atoms with van der Waals surface area (Å²) in [6.07, 6.45) is 4.19. The molecule has 1 rings (SSSR count). The maximum atomic E-state index is 11.4. The Morgan fingerprint density at radius 3 is 2.65 bits per heavy atom. The van der Waals surface area contributed by atoms with Crippen LogP contribution in [-0.4, -0.2) is 35.1 Å². The zero-order valence-electron chi connectivity index (χ0n) is 12.6. The molecule has 0 radical (unpaired) electrons. The summed E-state index contributed by atoms with van der Waals surface area (Å²) in [6.45, 7) is 9.55. The fourth-order valence-electron chi connectivity index (χ4n) is 2.83. The smallest absolute Gasteiger partial charge is 0.320 e. The van der Waals surface area contributed by atoms with Gasteiger partial charge in [-0.3, -0.25) is 14.9 Å². The van der Waals surface area contributed by atoms with Gasteiger partial charge >= 0.3 is 5.97 Å². The van der Waals surface area contributed by atoms with E-state index >= 15 is 0 Å². The molecule has 0 spiro atoms. The van der Waals surface area contributed by atoms with Crippen molar-refractivity contribution < 1.29 is 14.7 Å². The molecule has 3 N–H and O–H groups in total. The summed E-state index contributed by atoms with van der Waals surface area (Å²) in [7, 11) is 0. The third-order valence-electron chi connectivity index (χ3n) is 4.14. The minimum Gasteiger partial charge on any atom is -0.480 e. The number of amides is 1. The van der Waals surface area contributed by atoms with Crippen LogP contribution in [0.25, 0.3) is 0 Å². The van der Waals surface area contributed by atoms with Crippen molar-refractivity contribution in [2.75, 3.05) is 0 Å². The van der Waals surface area contributed by atoms with Gasteiger partial charge in [0, 0.05) is 19.0 Å². The molecule has 0 aliphatic carbocycles. The first-order valence-electron chi connectivity index (χ1n) is 7.27. The van der Waals surface area contributed by atoms with Gasteiger partial charge < -0.3 is 10.4 Å². The Morgan fingerprint density at radius 1 is 1.55 bits per heavy atom. The topological polar surface area (TPSA) is 78.4 Å². The highest BCUT2D eigenvalue weighted by molar-refractivity contribution is 5.75. The van der Waals surface area contributed by atoms with E-state index in [1.54, 1.807) is 6.08 Å². The van der Waals surface area contributed by atoms with Crippen LogP contribution in [0.15, 0.2) is 12.7 Å². The number of nitrogens with one attached hydrogen (secondary N) is 2. The fraction of sp³-hybridized carbons (Fsp3) is 0.733. The van der Waals surface area contributed by atoms with Crippen molar-refractivity contribution in [3.63, 3.8) is 0 Å². The molecule has 1 heterocycles. The molecular weight excluding hydrogens is 256 g/mol. The predicted octanol–water partition coefficient (Wildman–Crippen LogP) is 1.54. The predicted molar refractivity (Wildman–Crippen MR) is 78.3 cm³/mol. The standard InChI is InChI=1S/C15H26N2O3/c1-5-9(3)7-12(16-10(4)18)14-11(6-2)8-13(17-14)15(19)20/h6,9,11-14,17H,2,5,7-8H2,1,3-4H3,(H,16,18)(H,19,20)/t9?,11-,12+,13-,14-/m1/s1. The first-order valence-corrected chi connectivity index (χ1v) is 7.27. The van der Waals surface area contributed by atoms with Crippen LogP contribution >= 0.6 is 0 Å². The summed E-state index contributed by atoms with van der Waals surface area (Å²) < 4.78 is 0. The Hall–Kier alpha value is -1.36. The summed E-state index contributed by atoms with van der Waals surface area (Å²) in [6, 6.07) is -0.683. The van der Waals surface area contributed by atoms with Crippen molar-refractivity contribution in [3.8, 4) is 0 Å². The van der Waals surface area contributed by atoms with Gasteiger partial charge in [-0.2, -0.15) is 0 Å². The molecule has 0 saturated carbocycles. The molecule has 1 aliphatic rings. The van der Waals surface area contributed by atoms with E-state index in [2.05, 4.69) is 31.1 Å². The molecule has 0 bridgehead atoms. The molecule has 5 heteroatoms. The van der Waals surface area contributed by atoms with E-state index in [1.807, 2.05) is 0 Å². The number of carboxylic acid groups (broad SMARTS) is 1. The van der Waals surface area contributed by atoms with Crippen LogP contribution in [0.4, 0.5) is 0 Å². The van der Waals surface area contributed by atoms with Gasteiger partial charge in [-0.15, -0.1) is 6.58 Å². The molecule has 1 amide bonds. The highest BCUT2D eigenvalue weighted by Gasteiger charge is 2.40. The SMILES string of the molecule is C=C[C@@H]1C[C@H](C(=O)O)N[C@H]1[C@H](CC(C)CC)NC(C)=O. The molecule has 0 aromatic carbocycles. The first-order chi connectivity index (χ1) is 9.38. The zero-order chi connectivity index (χ0) is 15.3. The quantitative estimate of drug-likeness (QED) is 0.619. The van der Waals surface area contributed by atoms with Gasteiger partial charge in [-0.1, -0.05) is 26.3 Å². The number of carboxylic acids is 1. The van der Waals surface area contributed by atoms with Crippen LogP contribution in [0.5, 0.6) is 0 Å². The Labute approximate surface area is 120 Å². The van der Waals surface area contributed by atoms with Gasteiger partial charge in [0.15, 0.2) is 0 Å². The fourth-order valence-corrected chi connectivity index (χ4v) is 2.83. The molecule has 1 saturated heterocycles. The minimum absolute atomic E-state index is 0.0604. The lowest BCUT2D eigenvalue weighted by molar-refractivity contribution is -0.139. The molecule has 0 aromatic rings. The molecule has 1 aliphatic heterocycles. The highest BCUT2D eigenvalue weighted by atomic mass is 16.4. The third-order valence-corrected chi connectivity index (χ3v) is 4.14. The Morgan fingerprint density at radius 2 is 2.20 bits per heavy atom. The molecule has 1 fully saturated rings. The molecule has 0 aromatic heterocycles. The number of aliphatic carboxylic acids is 1. The second-order valence-corrected chi connectivity index (χ2v) is 5.77. The normalized spacial score (nSPS) is 28.6. The van der Waals surface area contributed by atoms with Crippen LogP contribution in [0.3, 0.4) is 0 Å². The second-order valence-electron chi connectivity index (χ2n) is 5.77. The van der Waals surface area contributed by atoms with Crippen LogP contribution in [0.1, 0.15) is 40.0 Å². The number of carbonyl (C=O) groups is 2. The van der Waals surface area contributed by atoms with Crippen molar-refractivity contribution in [1.29, 1.82) is 0 Å². The van der Waals surface area contributed by atoms with Crippen molar-refractivity contribution >= 4 is 11.9 Å². The number of hydrogen-bond donors (Lipinski definition) is 3. The maximum Gasteiger partial charge on any atom is 0.320 e. The Bertz CT molecular complexity index is 370. The van der Waals surface area contributed by atoms with Crippen molar-refractivity contribution in [3.05, 3.63) is 12.7 Å². The highest BCUT2D eigenvalue weighted by Crippen LogP contribution is 2.27. The van der Waals surface area contributed by atoms with Crippen molar-refractivity contribution in [1.82, 2.24) is 10.6 Å². The zero-order valence-corrected chi connectivity index (χ0v) is 12.6. The van der Waals surface area contributed by atoms with E-state index < -0.39 is 12.0 Å². The Kier molecular flexibility index (Phi) is 6.20. The van der Waals surface area contributed by atoms with Gasteiger partial charge in [-0.25, -0.2) is 0 Å². The largest absolute Gasteiger partial charge is 0.480 e. The lowest BCUT2D eigenvalue weighted by atomic mass is 9.88. The van der Waals surface area contributed by atoms with Crippen LogP contribution in [0, 0.1) is 11.8 Å². The molecular formula is C15H26N2O3. The van der Waals surface area contributed by atoms with Crippen molar-refractivity contribution in [2.45, 2.75) is 58.2 Å². The Balaban J connectivity index is 2.84. The summed E-state index contributed by atoms with van der Waals surface area (Å²) >= 11 is 0. The van der Waals surface area contributed by atoms with E-state index in [9.17, 15) is 9.59 Å². The molecule has 5 nitrogen and oxygen atoms in total. The van der Waals surface area contributed by atoms with Crippen LogP contribution in [-0.2, 0) is 9.59 Å². The lowest BCUT2D eigenvalue weighted by Gasteiger charge is -2.30. The average molecular weight is 282 g/mol. The summed E-state index contributed by atoms with van der Waals surface area (Å²) in [5.41, 5.74) is 0. The molecule has 114 valence electrons. The van der Waals surface area contributed by atoms with Crippen LogP contribution < -0.4 is 10.6 Å². The van der Waals surface area contributed by atoms with E-state index in [4.69, 9.17) is 5.11 Å². The van der Waals surface area contributed by atoms with Gasteiger partial charge in [0.25, 0.3) is 0 Å².